The van der Waals surface area contributed by atoms with Gasteiger partial charge in [-0.25, -0.2) is 4.58 Å². The number of morpholine rings is 1. The Morgan fingerprint density at radius 2 is 1.26 bits per heavy atom. The van der Waals surface area contributed by atoms with Crippen molar-refractivity contribution >= 4 is 22.7 Å². The predicted molar refractivity (Wildman–Crippen MR) is 58.0 cm³/mol. The van der Waals surface area contributed by atoms with Crippen LogP contribution in [0.5, 0.6) is 0 Å². The number of alkyl halides is 6. The van der Waals surface area contributed by atoms with Crippen LogP contribution in [0, 0.1) is 0 Å². The molecule has 0 aliphatic carbocycles. The first-order chi connectivity index (χ1) is 8.69. The van der Waals surface area contributed by atoms with Crippen molar-refractivity contribution in [3.63, 3.8) is 0 Å². The molecule has 19 heavy (non-hydrogen) atoms. The maximum Gasteiger partial charge on any atom is 0.427 e. The lowest BCUT2D eigenvalue weighted by Gasteiger charge is -2.08. The lowest BCUT2D eigenvalue weighted by Crippen LogP contribution is -2.37. The summed E-state index contributed by atoms with van der Waals surface area (Å²) in [4.78, 5) is -3.15. The Morgan fingerprint density at radius 1 is 0.842 bits per heavy atom. The van der Waals surface area contributed by atoms with Gasteiger partial charge in [0.15, 0.2) is 13.1 Å². The van der Waals surface area contributed by atoms with Crippen LogP contribution in [0.25, 0.3) is 0 Å². The third kappa shape index (κ3) is 3.29. The Bertz CT molecular complexity index is 484. The van der Waals surface area contributed by atoms with Crippen LogP contribution in [0.1, 0.15) is 9.75 Å². The van der Waals surface area contributed by atoms with Gasteiger partial charge in [0, 0.05) is 0 Å². The van der Waals surface area contributed by atoms with Crippen molar-refractivity contribution in [1.82, 2.24) is 4.58 Å². The minimum atomic E-state index is -4.99. The highest BCUT2D eigenvalue weighted by atomic mass is 32.2. The van der Waals surface area contributed by atoms with E-state index < -0.39 is 22.1 Å². The summed E-state index contributed by atoms with van der Waals surface area (Å²) < 4.78 is 82.3. The molecule has 1 aromatic rings. The Morgan fingerprint density at radius 3 is 1.63 bits per heavy atom. The summed E-state index contributed by atoms with van der Waals surface area (Å²) in [6.07, 6.45) is -9.98. The second-order valence-electron chi connectivity index (χ2n) is 3.72. The number of nitrogens with zero attached hydrogens (tertiary/aromatic N) is 1. The highest BCUT2D eigenvalue weighted by Gasteiger charge is 2.47. The molecule has 2 nitrogen and oxygen atoms in total. The normalized spacial score (nSPS) is 17.9. The molecule has 2 heterocycles. The van der Waals surface area contributed by atoms with Gasteiger partial charge in [-0.2, -0.15) is 26.3 Å². The van der Waals surface area contributed by atoms with Crippen molar-refractivity contribution in [1.29, 1.82) is 0 Å². The monoisotopic (exact) mass is 324 g/mol. The lowest BCUT2D eigenvalue weighted by atomic mass is 10.4. The molecule has 1 aromatic heterocycles. The summed E-state index contributed by atoms with van der Waals surface area (Å²) in [6.45, 7) is 1.19. The van der Waals surface area contributed by atoms with Crippen LogP contribution in [0.3, 0.4) is 0 Å². The van der Waals surface area contributed by atoms with Crippen molar-refractivity contribution in [2.45, 2.75) is 12.4 Å². The molecule has 0 bridgehead atoms. The first-order valence-corrected chi connectivity index (χ1v) is 6.77. The van der Waals surface area contributed by atoms with Crippen molar-refractivity contribution in [2.75, 3.05) is 26.3 Å². The molecule has 0 atom stereocenters. The number of halogens is 6. The molecule has 0 N–H and O–H groups in total. The van der Waals surface area contributed by atoms with Crippen LogP contribution in [0.15, 0.2) is 0 Å². The van der Waals surface area contributed by atoms with Crippen LogP contribution in [-0.2, 0) is 17.1 Å². The van der Waals surface area contributed by atoms with Gasteiger partial charge in [-0.05, 0) is 0 Å². The van der Waals surface area contributed by atoms with Gasteiger partial charge in [-0.15, -0.1) is 0 Å². The van der Waals surface area contributed by atoms with Crippen molar-refractivity contribution < 1.29 is 31.1 Å². The van der Waals surface area contributed by atoms with E-state index in [2.05, 4.69) is 0 Å². The average molecular weight is 324 g/mol. The Kier molecular flexibility index (Phi) is 3.94. The molecule has 0 aromatic carbocycles. The molecule has 1 aliphatic rings. The third-order valence-corrected chi connectivity index (χ3v) is 5.14. The molecule has 0 saturated carbocycles. The Hall–Kier alpha value is -0.610. The number of ether oxygens (including phenoxy) is 1. The zero-order chi connectivity index (χ0) is 14.3. The fourth-order valence-corrected chi connectivity index (χ4v) is 4.07. The predicted octanol–water partition coefficient (Wildman–Crippen LogP) is 2.65. The van der Waals surface area contributed by atoms with Gasteiger partial charge in [-0.1, -0.05) is 22.7 Å². The largest absolute Gasteiger partial charge is 0.427 e. The van der Waals surface area contributed by atoms with Crippen LogP contribution >= 0.6 is 22.7 Å². The summed E-state index contributed by atoms with van der Waals surface area (Å²) in [5.41, 5.74) is 0. The van der Waals surface area contributed by atoms with E-state index >= 15 is 0 Å². The second kappa shape index (κ2) is 5.06. The van der Waals surface area contributed by atoms with E-state index in [0.717, 1.165) is 0 Å². The number of hydrogen-bond donors (Lipinski definition) is 0. The van der Waals surface area contributed by atoms with E-state index in [-0.39, 0.29) is 26.7 Å². The minimum absolute atomic E-state index is 0.0166. The van der Waals surface area contributed by atoms with Crippen LogP contribution in [0.4, 0.5) is 26.3 Å². The van der Waals surface area contributed by atoms with Gasteiger partial charge >= 0.3 is 16.3 Å². The van der Waals surface area contributed by atoms with Crippen LogP contribution in [-0.4, -0.2) is 26.3 Å². The molecule has 1 fully saturated rings. The fourth-order valence-electron chi connectivity index (χ4n) is 1.54. The van der Waals surface area contributed by atoms with Gasteiger partial charge < -0.3 is 4.74 Å². The lowest BCUT2D eigenvalue weighted by molar-refractivity contribution is -0.157. The van der Waals surface area contributed by atoms with E-state index in [9.17, 15) is 26.3 Å². The van der Waals surface area contributed by atoms with E-state index in [4.69, 9.17) is 4.74 Å². The highest BCUT2D eigenvalue weighted by molar-refractivity contribution is 7.27. The zero-order valence-electron chi connectivity index (χ0n) is 9.27. The van der Waals surface area contributed by atoms with Crippen LogP contribution in [0.2, 0.25) is 0 Å². The number of hydrogen-bond acceptors (Lipinski definition) is 3. The molecule has 2 rings (SSSR count). The van der Waals surface area contributed by atoms with Gasteiger partial charge in [0.2, 0.25) is 0 Å². The Balaban J connectivity index is 2.58. The van der Waals surface area contributed by atoms with E-state index in [1.54, 1.807) is 0 Å². The topological polar surface area (TPSA) is 12.2 Å². The molecule has 0 amide bonds. The van der Waals surface area contributed by atoms with Gasteiger partial charge in [0.05, 0.1) is 0 Å². The Labute approximate surface area is 111 Å². The molecule has 0 unspecified atom stereocenters. The molecule has 0 radical (unpaired) electrons. The SMILES string of the molecule is FC(F)(F)c1sc(=[N+]2CCOCC2)sc1C(F)(F)F. The molecule has 1 saturated heterocycles. The summed E-state index contributed by atoms with van der Waals surface area (Å²) in [7, 11) is 0. The first-order valence-electron chi connectivity index (χ1n) is 5.13. The van der Waals surface area contributed by atoms with E-state index in [1.165, 1.54) is 4.58 Å². The quantitative estimate of drug-likeness (QED) is 0.528. The highest BCUT2D eigenvalue weighted by Crippen LogP contribution is 2.43. The van der Waals surface area contributed by atoms with E-state index in [1.807, 2.05) is 0 Å². The molecule has 0 spiro atoms. The third-order valence-electron chi connectivity index (χ3n) is 2.37. The fraction of sp³-hybridized carbons (Fsp3) is 0.667. The van der Waals surface area contributed by atoms with Crippen molar-refractivity contribution in [3.8, 4) is 0 Å². The van der Waals surface area contributed by atoms with Gasteiger partial charge in [-0.3, -0.25) is 0 Å². The van der Waals surface area contributed by atoms with Gasteiger partial charge in [0.25, 0.3) is 0 Å². The average Bonchev–Trinajstić information content (AvgIpc) is 2.74. The van der Waals surface area contributed by atoms with Crippen LogP contribution < -0.4 is 8.56 Å². The standard InChI is InChI=1S/C9H8F6NOS2/c10-8(11,12)5-6(9(13,14)15)19-7(18-5)16-1-3-17-4-2-16/h1-4H2/q+1. The molecule has 108 valence electrons. The summed E-state index contributed by atoms with van der Waals surface area (Å²) in [5, 5.41) is 0. The molecule has 1 aliphatic heterocycles. The number of rotatable bonds is 0. The summed E-state index contributed by atoms with van der Waals surface area (Å²) >= 11 is 0.287. The maximum atomic E-state index is 12.6. The second-order valence-corrected chi connectivity index (χ2v) is 5.98. The van der Waals surface area contributed by atoms with Crippen molar-refractivity contribution in [2.24, 2.45) is 0 Å². The zero-order valence-corrected chi connectivity index (χ0v) is 10.9. The van der Waals surface area contributed by atoms with Crippen molar-refractivity contribution in [3.05, 3.63) is 13.7 Å². The smallest absolute Gasteiger partial charge is 0.368 e. The summed E-state index contributed by atoms with van der Waals surface area (Å²) in [6, 6.07) is 0. The molecule has 10 heteroatoms. The first kappa shape index (κ1) is 14.8. The summed E-state index contributed by atoms with van der Waals surface area (Å²) in [5.74, 6) is 0. The maximum absolute atomic E-state index is 12.6. The van der Waals surface area contributed by atoms with Gasteiger partial charge in [0.1, 0.15) is 23.0 Å². The molecular weight excluding hydrogens is 316 g/mol. The molecular formula is C9H8F6NOS2+. The van der Waals surface area contributed by atoms with E-state index in [0.29, 0.717) is 26.3 Å². The minimum Gasteiger partial charge on any atom is -0.368 e.